The maximum absolute atomic E-state index is 3.97. The number of rotatable bonds is 3. The van der Waals surface area contributed by atoms with E-state index in [-0.39, 0.29) is 0 Å². The summed E-state index contributed by atoms with van der Waals surface area (Å²) in [4.78, 5) is 0. The van der Waals surface area contributed by atoms with Crippen LogP contribution in [0, 0.1) is 30.6 Å². The Balaban J connectivity index is 1.45. The summed E-state index contributed by atoms with van der Waals surface area (Å²) in [5.74, 6) is 4.21. The van der Waals surface area contributed by atoms with Gasteiger partial charge in [0.25, 0.3) is 0 Å². The molecule has 0 aromatic heterocycles. The third kappa shape index (κ3) is 2.02. The Hall–Kier alpha value is -0.820. The summed E-state index contributed by atoms with van der Waals surface area (Å²) in [7, 11) is 0. The molecule has 2 bridgehead atoms. The second-order valence-corrected chi connectivity index (χ2v) is 7.56. The van der Waals surface area contributed by atoms with Crippen LogP contribution in [0.1, 0.15) is 56.2 Å². The van der Waals surface area contributed by atoms with Crippen molar-refractivity contribution in [2.24, 2.45) is 23.7 Å². The van der Waals surface area contributed by atoms with Gasteiger partial charge in [-0.1, -0.05) is 36.2 Å². The Morgan fingerprint density at radius 2 is 1.95 bits per heavy atom. The highest BCUT2D eigenvalue weighted by molar-refractivity contribution is 5.25. The van der Waals surface area contributed by atoms with E-state index in [1.807, 2.05) is 0 Å². The Bertz CT molecular complexity index is 494. The van der Waals surface area contributed by atoms with Crippen molar-refractivity contribution in [3.8, 4) is 0 Å². The molecule has 3 saturated carbocycles. The molecule has 108 valence electrons. The highest BCUT2D eigenvalue weighted by atomic mass is 15.0. The van der Waals surface area contributed by atoms with Crippen molar-refractivity contribution in [3.05, 3.63) is 35.4 Å². The van der Waals surface area contributed by atoms with Crippen LogP contribution >= 0.6 is 0 Å². The molecular weight excluding hydrogens is 242 g/mol. The minimum atomic E-state index is 0.499. The van der Waals surface area contributed by atoms with Gasteiger partial charge in [0.2, 0.25) is 0 Å². The number of nitrogens with one attached hydrogen (secondary N) is 1. The van der Waals surface area contributed by atoms with Gasteiger partial charge in [0.15, 0.2) is 0 Å². The van der Waals surface area contributed by atoms with Crippen molar-refractivity contribution >= 4 is 0 Å². The molecule has 0 saturated heterocycles. The zero-order valence-corrected chi connectivity index (χ0v) is 12.8. The number of benzene rings is 1. The third-order valence-corrected chi connectivity index (χ3v) is 6.43. The molecule has 1 aromatic carbocycles. The molecule has 1 aromatic rings. The van der Waals surface area contributed by atoms with Crippen molar-refractivity contribution in [2.45, 2.75) is 58.0 Å². The quantitative estimate of drug-likeness (QED) is 0.853. The maximum atomic E-state index is 3.97. The van der Waals surface area contributed by atoms with Gasteiger partial charge in [-0.25, -0.2) is 0 Å². The molecule has 6 atom stereocenters. The minimum absolute atomic E-state index is 0.499. The van der Waals surface area contributed by atoms with E-state index < -0.39 is 0 Å². The van der Waals surface area contributed by atoms with Crippen molar-refractivity contribution in [1.29, 1.82) is 0 Å². The lowest BCUT2D eigenvalue weighted by molar-refractivity contribution is 0.200. The first kappa shape index (κ1) is 12.9. The predicted molar refractivity (Wildman–Crippen MR) is 83.6 cm³/mol. The van der Waals surface area contributed by atoms with E-state index >= 15 is 0 Å². The van der Waals surface area contributed by atoms with Gasteiger partial charge in [-0.15, -0.1) is 0 Å². The van der Waals surface area contributed by atoms with Crippen LogP contribution in [0.15, 0.2) is 24.3 Å². The lowest BCUT2D eigenvalue weighted by atomic mass is 9.79. The van der Waals surface area contributed by atoms with E-state index in [1.165, 1.54) is 43.2 Å². The third-order valence-electron chi connectivity index (χ3n) is 6.43. The molecule has 0 aliphatic heterocycles. The Morgan fingerprint density at radius 1 is 1.10 bits per heavy atom. The second-order valence-electron chi connectivity index (χ2n) is 7.56. The SMILES string of the molecule is Cc1cccc([C@H](C)NC2CC3CC2C2CCCC32)c1. The standard InChI is InChI=1S/C19H27N/c1-12-5-3-6-14(9-12)13(2)20-19-11-15-10-18(19)17-8-4-7-16(15)17/h3,5-6,9,13,15-20H,4,7-8,10-11H2,1-2H3/t13-,15?,16?,17?,18?,19?/m0/s1. The molecule has 0 amide bonds. The summed E-state index contributed by atoms with van der Waals surface area (Å²) in [6, 6.07) is 10.3. The summed E-state index contributed by atoms with van der Waals surface area (Å²) in [6.45, 7) is 4.53. The van der Waals surface area contributed by atoms with Crippen LogP contribution in [0.5, 0.6) is 0 Å². The topological polar surface area (TPSA) is 12.0 Å². The van der Waals surface area contributed by atoms with Gasteiger partial charge in [-0.05, 0) is 68.8 Å². The molecule has 3 aliphatic carbocycles. The molecule has 20 heavy (non-hydrogen) atoms. The zero-order valence-electron chi connectivity index (χ0n) is 12.8. The first-order chi connectivity index (χ1) is 9.72. The maximum Gasteiger partial charge on any atom is 0.0294 e. The average Bonchev–Trinajstić information content (AvgIpc) is 3.10. The van der Waals surface area contributed by atoms with Gasteiger partial charge in [0, 0.05) is 12.1 Å². The number of hydrogen-bond donors (Lipinski definition) is 1. The first-order valence-electron chi connectivity index (χ1n) is 8.55. The van der Waals surface area contributed by atoms with E-state index in [4.69, 9.17) is 0 Å². The first-order valence-corrected chi connectivity index (χ1v) is 8.55. The summed E-state index contributed by atoms with van der Waals surface area (Å²) in [5.41, 5.74) is 2.83. The molecule has 5 unspecified atom stereocenters. The molecule has 3 fully saturated rings. The predicted octanol–water partition coefficient (Wildman–Crippen LogP) is 4.47. The van der Waals surface area contributed by atoms with Gasteiger partial charge >= 0.3 is 0 Å². The van der Waals surface area contributed by atoms with Crippen molar-refractivity contribution in [1.82, 2.24) is 5.32 Å². The average molecular weight is 269 g/mol. The van der Waals surface area contributed by atoms with Gasteiger partial charge in [0.1, 0.15) is 0 Å². The van der Waals surface area contributed by atoms with E-state index in [0.29, 0.717) is 6.04 Å². The normalized spacial score (nSPS) is 40.0. The van der Waals surface area contributed by atoms with Crippen molar-refractivity contribution in [3.63, 3.8) is 0 Å². The van der Waals surface area contributed by atoms with Crippen molar-refractivity contribution in [2.75, 3.05) is 0 Å². The molecular formula is C19H27N. The highest BCUT2D eigenvalue weighted by Crippen LogP contribution is 2.58. The molecule has 4 rings (SSSR count). The van der Waals surface area contributed by atoms with Crippen molar-refractivity contribution < 1.29 is 0 Å². The molecule has 0 spiro atoms. The van der Waals surface area contributed by atoms with Crippen LogP contribution in [0.2, 0.25) is 0 Å². The second kappa shape index (κ2) is 4.87. The minimum Gasteiger partial charge on any atom is -0.307 e. The van der Waals surface area contributed by atoms with Gasteiger partial charge < -0.3 is 5.32 Å². The monoisotopic (exact) mass is 269 g/mol. The fourth-order valence-corrected chi connectivity index (χ4v) is 5.62. The van der Waals surface area contributed by atoms with Crippen LogP contribution < -0.4 is 5.32 Å². The lowest BCUT2D eigenvalue weighted by Gasteiger charge is -2.34. The fraction of sp³-hybridized carbons (Fsp3) is 0.684. The molecule has 0 radical (unpaired) electrons. The summed E-state index contributed by atoms with van der Waals surface area (Å²) in [6.07, 6.45) is 7.52. The van der Waals surface area contributed by atoms with Gasteiger partial charge in [-0.3, -0.25) is 0 Å². The molecule has 0 heterocycles. The van der Waals surface area contributed by atoms with Crippen LogP contribution in [-0.4, -0.2) is 6.04 Å². The number of aryl methyl sites for hydroxylation is 1. The van der Waals surface area contributed by atoms with Crippen LogP contribution in [0.25, 0.3) is 0 Å². The zero-order chi connectivity index (χ0) is 13.7. The Labute approximate surface area is 123 Å². The summed E-state index contributed by atoms with van der Waals surface area (Å²) < 4.78 is 0. The summed E-state index contributed by atoms with van der Waals surface area (Å²) in [5, 5.41) is 3.97. The molecule has 3 aliphatic rings. The van der Waals surface area contributed by atoms with E-state index in [1.54, 1.807) is 0 Å². The van der Waals surface area contributed by atoms with Crippen LogP contribution in [0.3, 0.4) is 0 Å². The number of fused-ring (bicyclic) bond motifs is 5. The van der Waals surface area contributed by atoms with Gasteiger partial charge in [0.05, 0.1) is 0 Å². The Morgan fingerprint density at radius 3 is 2.80 bits per heavy atom. The van der Waals surface area contributed by atoms with E-state index in [0.717, 1.165) is 29.7 Å². The van der Waals surface area contributed by atoms with Gasteiger partial charge in [-0.2, -0.15) is 0 Å². The highest BCUT2D eigenvalue weighted by Gasteiger charge is 2.53. The van der Waals surface area contributed by atoms with Crippen LogP contribution in [0.4, 0.5) is 0 Å². The van der Waals surface area contributed by atoms with E-state index in [2.05, 4.69) is 43.4 Å². The number of hydrogen-bond acceptors (Lipinski definition) is 1. The molecule has 1 nitrogen and oxygen atoms in total. The smallest absolute Gasteiger partial charge is 0.0294 e. The van der Waals surface area contributed by atoms with Crippen LogP contribution in [-0.2, 0) is 0 Å². The Kier molecular flexibility index (Phi) is 3.14. The molecule has 1 heteroatoms. The largest absolute Gasteiger partial charge is 0.307 e. The van der Waals surface area contributed by atoms with E-state index in [9.17, 15) is 0 Å². The summed E-state index contributed by atoms with van der Waals surface area (Å²) >= 11 is 0. The molecule has 1 N–H and O–H groups in total. The lowest BCUT2D eigenvalue weighted by Crippen LogP contribution is -2.40. The fourth-order valence-electron chi connectivity index (χ4n) is 5.62.